The van der Waals surface area contributed by atoms with E-state index in [-0.39, 0.29) is 0 Å². The van der Waals surface area contributed by atoms with Gasteiger partial charge in [-0.15, -0.1) is 0 Å². The van der Waals surface area contributed by atoms with E-state index in [4.69, 9.17) is 0 Å². The van der Waals surface area contributed by atoms with Crippen molar-refractivity contribution in [1.29, 1.82) is 0 Å². The number of hydrogen-bond donors (Lipinski definition) is 0. The average Bonchev–Trinajstić information content (AvgIpc) is 0.811. The molecule has 0 aromatic carbocycles. The lowest BCUT2D eigenvalue weighted by Crippen LogP contribution is -2.05. The van der Waals surface area contributed by atoms with Gasteiger partial charge in [0, 0.05) is 0 Å². The zero-order chi connectivity index (χ0) is 3.58. The van der Waals surface area contributed by atoms with Gasteiger partial charge in [0.05, 0.1) is 10.4 Å². The first kappa shape index (κ1) is 4.24. The van der Waals surface area contributed by atoms with Crippen LogP contribution < -0.4 is 0 Å². The Bertz CT molecular complexity index is 12.8. The molecule has 0 aromatic heterocycles. The van der Waals surface area contributed by atoms with E-state index in [0.29, 0.717) is 0 Å². The van der Waals surface area contributed by atoms with Gasteiger partial charge in [-0.05, 0) is 7.05 Å². The van der Waals surface area contributed by atoms with Crippen LogP contribution in [-0.4, -0.2) is 29.9 Å². The highest BCUT2D eigenvalue weighted by Crippen LogP contribution is 1.41. The van der Waals surface area contributed by atoms with Crippen LogP contribution in [0.2, 0.25) is 0 Å². The molecule has 0 aromatic rings. The van der Waals surface area contributed by atoms with Crippen molar-refractivity contribution >= 4 is 18.4 Å². The topological polar surface area (TPSA) is 3.24 Å². The van der Waals surface area contributed by atoms with Crippen LogP contribution in [0.3, 0.4) is 0 Å². The van der Waals surface area contributed by atoms with E-state index in [1.54, 1.807) is 0 Å². The Morgan fingerprint density at radius 2 is 2.00 bits per heavy atom. The summed E-state index contributed by atoms with van der Waals surface area (Å²) in [4.78, 5) is 0. The number of nitrogens with zero attached hydrogens (tertiary/aromatic N) is 1. The number of rotatable bonds is 0. The largest absolute Gasteiger partial charge is 0.381 e. The minimum Gasteiger partial charge on any atom is -0.381 e. The van der Waals surface area contributed by atoms with E-state index in [0.717, 1.165) is 0 Å². The standard InChI is InChI=1S/CH8BNSi/c1-3(2)4/h2H2,1,4H3. The molecule has 0 aliphatic rings. The molecule has 0 spiro atoms. The summed E-state index contributed by atoms with van der Waals surface area (Å²) in [7, 11) is 5.31. The lowest BCUT2D eigenvalue weighted by Gasteiger charge is -1.90. The summed E-state index contributed by atoms with van der Waals surface area (Å²) >= 11 is 0. The normalized spacial score (nSPS) is 9.50. The Morgan fingerprint density at radius 1 is 2.00 bits per heavy atom. The van der Waals surface area contributed by atoms with Gasteiger partial charge in [-0.3, -0.25) is 0 Å². The molecular formula is CH8BNSi. The van der Waals surface area contributed by atoms with E-state index >= 15 is 0 Å². The van der Waals surface area contributed by atoms with Crippen LogP contribution in [0.4, 0.5) is 0 Å². The maximum Gasteiger partial charge on any atom is 0.176 e. The van der Waals surface area contributed by atoms with Crippen LogP contribution in [0.5, 0.6) is 0 Å². The molecule has 0 unspecified atom stereocenters. The molecule has 1 nitrogen and oxygen atoms in total. The molecule has 0 heterocycles. The van der Waals surface area contributed by atoms with Gasteiger partial charge in [-0.25, -0.2) is 0 Å². The molecule has 0 rings (SSSR count). The molecule has 0 N–H and O–H groups in total. The van der Waals surface area contributed by atoms with E-state index in [9.17, 15) is 0 Å². The predicted octanol–water partition coefficient (Wildman–Crippen LogP) is -2.25. The van der Waals surface area contributed by atoms with Gasteiger partial charge in [0.2, 0.25) is 0 Å². The lowest BCUT2D eigenvalue weighted by molar-refractivity contribution is 0.891. The second-order valence-electron chi connectivity index (χ2n) is 1.34. The first-order valence-corrected chi connectivity index (χ1v) is 2.24. The van der Waals surface area contributed by atoms with Crippen molar-refractivity contribution < 1.29 is 0 Å². The third kappa shape index (κ3) is 59.1. The Balaban J connectivity index is 2.32. The molecule has 0 saturated carbocycles. The first-order chi connectivity index (χ1) is 1.73. The van der Waals surface area contributed by atoms with Crippen molar-refractivity contribution in [2.45, 2.75) is 0 Å². The highest BCUT2D eigenvalue weighted by Gasteiger charge is 1.60. The van der Waals surface area contributed by atoms with Crippen molar-refractivity contribution in [2.24, 2.45) is 0 Å². The summed E-state index contributed by atoms with van der Waals surface area (Å²) in [5.41, 5.74) is 0. The smallest absolute Gasteiger partial charge is 0.176 e. The van der Waals surface area contributed by atoms with Gasteiger partial charge in [0.1, 0.15) is 0 Å². The van der Waals surface area contributed by atoms with E-state index < -0.39 is 0 Å². The fourth-order valence-corrected chi connectivity index (χ4v) is 0. The molecule has 0 aliphatic carbocycles. The van der Waals surface area contributed by atoms with Crippen molar-refractivity contribution in [1.82, 2.24) is 4.48 Å². The van der Waals surface area contributed by atoms with Crippen LogP contribution in [0.25, 0.3) is 0 Å². The summed E-state index contributed by atoms with van der Waals surface area (Å²) in [5.74, 6) is 0. The van der Waals surface area contributed by atoms with Gasteiger partial charge in [-0.2, -0.15) is 0 Å². The minimum atomic E-state index is 1.18. The average molecular weight is 73.0 g/mol. The Labute approximate surface area is 30.9 Å². The van der Waals surface area contributed by atoms with Crippen molar-refractivity contribution in [3.05, 3.63) is 0 Å². The summed E-state index contributed by atoms with van der Waals surface area (Å²) in [5, 5.41) is 0. The fourth-order valence-electron chi connectivity index (χ4n) is 0. The number of hydrogen-bond acceptors (Lipinski definition) is 1. The monoisotopic (exact) mass is 73.1 g/mol. The van der Waals surface area contributed by atoms with Crippen molar-refractivity contribution in [2.75, 3.05) is 7.05 Å². The molecule has 0 radical (unpaired) electrons. The van der Waals surface area contributed by atoms with Crippen LogP contribution >= 0.6 is 0 Å². The van der Waals surface area contributed by atoms with Gasteiger partial charge in [0.15, 0.2) is 7.98 Å². The molecule has 0 saturated heterocycles. The van der Waals surface area contributed by atoms with E-state index in [1.807, 2.05) is 0 Å². The highest BCUT2D eigenvalue weighted by molar-refractivity contribution is 6.24. The molecule has 24 valence electrons. The Hall–Kier alpha value is 0.242. The quantitative estimate of drug-likeness (QED) is 0.293. The molecule has 0 amide bonds. The highest BCUT2D eigenvalue weighted by atomic mass is 28.2. The van der Waals surface area contributed by atoms with Crippen molar-refractivity contribution in [3.8, 4) is 0 Å². The molecule has 0 aliphatic heterocycles. The lowest BCUT2D eigenvalue weighted by atomic mass is 10.5. The molecule has 0 fully saturated rings. The van der Waals surface area contributed by atoms with E-state index in [1.165, 1.54) is 10.4 Å². The molecule has 4 heavy (non-hydrogen) atoms. The second-order valence-corrected chi connectivity index (χ2v) is 3.13. The van der Waals surface area contributed by atoms with Gasteiger partial charge >= 0.3 is 0 Å². The minimum absolute atomic E-state index is 1.18. The van der Waals surface area contributed by atoms with Crippen LogP contribution in [0.1, 0.15) is 0 Å². The zero-order valence-electron chi connectivity index (χ0n) is 3.45. The summed E-state index contributed by atoms with van der Waals surface area (Å²) < 4.78 is 2.14. The Morgan fingerprint density at radius 3 is 2.00 bits per heavy atom. The third-order valence-electron chi connectivity index (χ3n) is 0. The van der Waals surface area contributed by atoms with Crippen LogP contribution in [-0.2, 0) is 0 Å². The zero-order valence-corrected chi connectivity index (χ0v) is 5.45. The maximum atomic E-state index is 2.14. The van der Waals surface area contributed by atoms with Gasteiger partial charge in [0.25, 0.3) is 0 Å². The maximum absolute atomic E-state index is 2.14. The Kier molecular flexibility index (Phi) is 1.64. The predicted molar refractivity (Wildman–Crippen MR) is 26.2 cm³/mol. The van der Waals surface area contributed by atoms with Gasteiger partial charge < -0.3 is 4.48 Å². The van der Waals surface area contributed by atoms with Crippen LogP contribution in [0.15, 0.2) is 0 Å². The molecule has 0 atom stereocenters. The summed E-state index contributed by atoms with van der Waals surface area (Å²) in [6, 6.07) is 0. The molecular weight excluding hydrogens is 64.9 g/mol. The SMILES string of the molecule is BN(C)[SiH3]. The third-order valence-corrected chi connectivity index (χ3v) is 0. The summed E-state index contributed by atoms with van der Waals surface area (Å²) in [6.45, 7) is 0. The fraction of sp³-hybridized carbons (Fsp3) is 1.00. The summed E-state index contributed by atoms with van der Waals surface area (Å²) in [6.07, 6.45) is 0. The van der Waals surface area contributed by atoms with Crippen molar-refractivity contribution in [3.63, 3.8) is 0 Å². The van der Waals surface area contributed by atoms with E-state index in [2.05, 4.69) is 19.5 Å². The second kappa shape index (κ2) is 1.55. The van der Waals surface area contributed by atoms with Gasteiger partial charge in [-0.1, -0.05) is 0 Å². The van der Waals surface area contributed by atoms with Crippen LogP contribution in [0, 0.1) is 0 Å². The first-order valence-electron chi connectivity index (χ1n) is 1.34. The molecule has 3 heteroatoms. The molecule has 0 bridgehead atoms.